The Kier molecular flexibility index (Phi) is 4.40. The van der Waals surface area contributed by atoms with Crippen LogP contribution in [0.4, 0.5) is 0 Å². The quantitative estimate of drug-likeness (QED) is 0.894. The van der Waals surface area contributed by atoms with E-state index in [9.17, 15) is 9.90 Å². The molecule has 0 unspecified atom stereocenters. The first-order valence-corrected chi connectivity index (χ1v) is 7.62. The van der Waals surface area contributed by atoms with E-state index < -0.39 is 12.1 Å². The minimum atomic E-state index is -0.978. The summed E-state index contributed by atoms with van der Waals surface area (Å²) >= 11 is 0. The molecule has 0 spiro atoms. The van der Waals surface area contributed by atoms with Gasteiger partial charge in [-0.1, -0.05) is 0 Å². The van der Waals surface area contributed by atoms with Crippen LogP contribution in [0.15, 0.2) is 24.3 Å². The molecule has 0 aliphatic carbocycles. The number of hydrogen-bond donors (Lipinski definition) is 2. The number of carboxylic acids is 1. The van der Waals surface area contributed by atoms with Gasteiger partial charge in [-0.2, -0.15) is 5.10 Å². The number of hydrogen-bond acceptors (Lipinski definition) is 5. The van der Waals surface area contributed by atoms with Gasteiger partial charge in [0.1, 0.15) is 6.10 Å². The highest BCUT2D eigenvalue weighted by Gasteiger charge is 2.24. The maximum atomic E-state index is 10.9. The fraction of sp³-hybridized carbons (Fsp3) is 0.438. The largest absolute Gasteiger partial charge is 0.478 e. The molecular formula is C16H19N3O4. The van der Waals surface area contributed by atoms with Crippen LogP contribution in [0.2, 0.25) is 0 Å². The van der Waals surface area contributed by atoms with Gasteiger partial charge < -0.3 is 14.9 Å². The molecule has 2 aromatic rings. The summed E-state index contributed by atoms with van der Waals surface area (Å²) in [5.74, 6) is 0.399. The predicted octanol–water partition coefficient (Wildman–Crippen LogP) is 1.91. The molecule has 3 rings (SSSR count). The fourth-order valence-corrected chi connectivity index (χ4v) is 2.68. The van der Waals surface area contributed by atoms with E-state index in [2.05, 4.69) is 10.1 Å². The Labute approximate surface area is 133 Å². The lowest BCUT2D eigenvalue weighted by atomic mass is 10.00. The number of nitrogens with zero attached hydrogens (tertiary/aromatic N) is 3. The molecule has 1 aromatic heterocycles. The number of aliphatic hydroxyl groups is 1. The molecule has 2 N–H and O–H groups in total. The standard InChI is InChI=1S/C16H19N3O4/c1-10(20)15-17-14(11-6-8-23-9-7-11)18-19(15)13-4-2-12(3-5-13)16(21)22/h2-5,10-11,20H,6-9H2,1H3,(H,21,22)/t10-/m0/s1. The second kappa shape index (κ2) is 6.47. The first-order chi connectivity index (χ1) is 11.1. The number of ether oxygens (including phenoxy) is 1. The molecule has 1 aliphatic rings. The third kappa shape index (κ3) is 3.25. The zero-order valence-electron chi connectivity index (χ0n) is 12.8. The van der Waals surface area contributed by atoms with Gasteiger partial charge in [0.2, 0.25) is 0 Å². The monoisotopic (exact) mass is 317 g/mol. The molecule has 1 aromatic carbocycles. The summed E-state index contributed by atoms with van der Waals surface area (Å²) in [5, 5.41) is 23.5. The highest BCUT2D eigenvalue weighted by atomic mass is 16.5. The van der Waals surface area contributed by atoms with Crippen LogP contribution in [0, 0.1) is 0 Å². The Bertz CT molecular complexity index is 688. The molecule has 1 fully saturated rings. The second-order valence-corrected chi connectivity index (χ2v) is 5.65. The molecule has 0 amide bonds. The Morgan fingerprint density at radius 1 is 1.30 bits per heavy atom. The summed E-state index contributed by atoms with van der Waals surface area (Å²) in [6.07, 6.45) is 0.956. The summed E-state index contributed by atoms with van der Waals surface area (Å²) in [6.45, 7) is 3.02. The maximum absolute atomic E-state index is 10.9. The lowest BCUT2D eigenvalue weighted by Gasteiger charge is -2.18. The molecule has 7 heteroatoms. The van der Waals surface area contributed by atoms with Crippen LogP contribution in [0.3, 0.4) is 0 Å². The predicted molar refractivity (Wildman–Crippen MR) is 81.7 cm³/mol. The van der Waals surface area contributed by atoms with Crippen molar-refractivity contribution >= 4 is 5.97 Å². The van der Waals surface area contributed by atoms with Crippen LogP contribution in [-0.4, -0.2) is 44.2 Å². The summed E-state index contributed by atoms with van der Waals surface area (Å²) in [7, 11) is 0. The molecule has 23 heavy (non-hydrogen) atoms. The smallest absolute Gasteiger partial charge is 0.335 e. The molecular weight excluding hydrogens is 298 g/mol. The first kappa shape index (κ1) is 15.6. The Morgan fingerprint density at radius 2 is 1.96 bits per heavy atom. The van der Waals surface area contributed by atoms with E-state index in [1.165, 1.54) is 12.1 Å². The van der Waals surface area contributed by atoms with E-state index in [1.54, 1.807) is 23.7 Å². The van der Waals surface area contributed by atoms with E-state index in [0.717, 1.165) is 12.8 Å². The lowest BCUT2D eigenvalue weighted by Crippen LogP contribution is -2.15. The molecule has 0 radical (unpaired) electrons. The minimum absolute atomic E-state index is 0.206. The highest BCUT2D eigenvalue weighted by Crippen LogP contribution is 2.26. The number of carbonyl (C=O) groups is 1. The van der Waals surface area contributed by atoms with Crippen LogP contribution in [0.25, 0.3) is 5.69 Å². The number of aromatic carboxylic acids is 1. The zero-order valence-corrected chi connectivity index (χ0v) is 12.8. The molecule has 0 bridgehead atoms. The van der Waals surface area contributed by atoms with E-state index in [1.807, 2.05) is 0 Å². The minimum Gasteiger partial charge on any atom is -0.478 e. The lowest BCUT2D eigenvalue weighted by molar-refractivity contribution is 0.0697. The van der Waals surface area contributed by atoms with Gasteiger partial charge in [-0.15, -0.1) is 0 Å². The first-order valence-electron chi connectivity index (χ1n) is 7.62. The van der Waals surface area contributed by atoms with Crippen molar-refractivity contribution in [2.45, 2.75) is 31.8 Å². The molecule has 0 saturated carbocycles. The van der Waals surface area contributed by atoms with Crippen molar-refractivity contribution in [3.63, 3.8) is 0 Å². The van der Waals surface area contributed by atoms with Crippen LogP contribution >= 0.6 is 0 Å². The van der Waals surface area contributed by atoms with Crippen molar-refractivity contribution < 1.29 is 19.7 Å². The van der Waals surface area contributed by atoms with E-state index in [4.69, 9.17) is 9.84 Å². The molecule has 7 nitrogen and oxygen atoms in total. The Hall–Kier alpha value is -2.25. The van der Waals surface area contributed by atoms with Gasteiger partial charge in [0.05, 0.1) is 11.3 Å². The van der Waals surface area contributed by atoms with Gasteiger partial charge in [-0.3, -0.25) is 0 Å². The van der Waals surface area contributed by atoms with Crippen LogP contribution < -0.4 is 0 Å². The second-order valence-electron chi connectivity index (χ2n) is 5.65. The third-order valence-electron chi connectivity index (χ3n) is 3.97. The molecule has 122 valence electrons. The van der Waals surface area contributed by atoms with Crippen LogP contribution in [0.5, 0.6) is 0 Å². The molecule has 1 saturated heterocycles. The van der Waals surface area contributed by atoms with Crippen molar-refractivity contribution in [2.75, 3.05) is 13.2 Å². The average Bonchev–Trinajstić information content (AvgIpc) is 3.01. The SMILES string of the molecule is C[C@H](O)c1nc(C2CCOCC2)nn1-c1ccc(C(=O)O)cc1. The van der Waals surface area contributed by atoms with Gasteiger partial charge in [0.15, 0.2) is 11.6 Å². The number of aliphatic hydroxyl groups excluding tert-OH is 1. The number of carboxylic acid groups (broad SMARTS) is 1. The van der Waals surface area contributed by atoms with Crippen molar-refractivity contribution in [3.8, 4) is 5.69 Å². The fourth-order valence-electron chi connectivity index (χ4n) is 2.68. The summed E-state index contributed by atoms with van der Waals surface area (Å²) in [6, 6.07) is 6.36. The van der Waals surface area contributed by atoms with E-state index >= 15 is 0 Å². The van der Waals surface area contributed by atoms with E-state index in [-0.39, 0.29) is 11.5 Å². The van der Waals surface area contributed by atoms with Gasteiger partial charge in [-0.25, -0.2) is 14.5 Å². The number of aromatic nitrogens is 3. The highest BCUT2D eigenvalue weighted by molar-refractivity contribution is 5.87. The van der Waals surface area contributed by atoms with Crippen molar-refractivity contribution in [1.29, 1.82) is 0 Å². The van der Waals surface area contributed by atoms with Crippen LogP contribution in [0.1, 0.15) is 53.8 Å². The Morgan fingerprint density at radius 3 is 2.52 bits per heavy atom. The third-order valence-corrected chi connectivity index (χ3v) is 3.97. The topological polar surface area (TPSA) is 97.5 Å². The van der Waals surface area contributed by atoms with Crippen LogP contribution in [-0.2, 0) is 4.74 Å². The summed E-state index contributed by atoms with van der Waals surface area (Å²) in [5.41, 5.74) is 0.883. The van der Waals surface area contributed by atoms with E-state index in [0.29, 0.717) is 30.5 Å². The molecule has 2 heterocycles. The average molecular weight is 317 g/mol. The maximum Gasteiger partial charge on any atom is 0.335 e. The van der Waals surface area contributed by atoms with Crippen molar-refractivity contribution in [3.05, 3.63) is 41.5 Å². The summed E-state index contributed by atoms with van der Waals surface area (Å²) in [4.78, 5) is 15.4. The van der Waals surface area contributed by atoms with Gasteiger partial charge >= 0.3 is 5.97 Å². The number of rotatable bonds is 4. The summed E-state index contributed by atoms with van der Waals surface area (Å²) < 4.78 is 6.94. The molecule has 1 atom stereocenters. The Balaban J connectivity index is 1.96. The van der Waals surface area contributed by atoms with Gasteiger partial charge in [0, 0.05) is 19.1 Å². The van der Waals surface area contributed by atoms with Crippen molar-refractivity contribution in [2.24, 2.45) is 0 Å². The van der Waals surface area contributed by atoms with Crippen molar-refractivity contribution in [1.82, 2.24) is 14.8 Å². The van der Waals surface area contributed by atoms with Gasteiger partial charge in [-0.05, 0) is 44.0 Å². The van der Waals surface area contributed by atoms with Gasteiger partial charge in [0.25, 0.3) is 0 Å². The normalized spacial score (nSPS) is 17.1. The molecule has 1 aliphatic heterocycles. The number of benzene rings is 1. The zero-order chi connectivity index (χ0) is 16.4.